The summed E-state index contributed by atoms with van der Waals surface area (Å²) in [6, 6.07) is 6.82. The van der Waals surface area contributed by atoms with Gasteiger partial charge in [0.1, 0.15) is 5.82 Å². The van der Waals surface area contributed by atoms with E-state index in [1.807, 2.05) is 12.1 Å². The number of aliphatic hydroxyl groups excluding tert-OH is 1. The molecule has 0 radical (unpaired) electrons. The van der Waals surface area contributed by atoms with Gasteiger partial charge in [0.15, 0.2) is 0 Å². The monoisotopic (exact) mass is 180 g/mol. The fourth-order valence-corrected chi connectivity index (χ4v) is 1.88. The maximum absolute atomic E-state index is 13.2. The van der Waals surface area contributed by atoms with Gasteiger partial charge < -0.3 is 5.11 Å². The van der Waals surface area contributed by atoms with Gasteiger partial charge in [-0.05, 0) is 36.8 Å². The minimum absolute atomic E-state index is 0.143. The molecule has 0 heterocycles. The lowest BCUT2D eigenvalue weighted by Gasteiger charge is -2.03. The van der Waals surface area contributed by atoms with Crippen LogP contribution in [0.15, 0.2) is 24.3 Å². The van der Waals surface area contributed by atoms with Crippen molar-refractivity contribution in [2.75, 3.05) is 0 Å². The van der Waals surface area contributed by atoms with Gasteiger partial charge in [0.25, 0.3) is 0 Å². The van der Waals surface area contributed by atoms with Gasteiger partial charge in [-0.2, -0.15) is 0 Å². The van der Waals surface area contributed by atoms with E-state index in [2.05, 4.69) is 0 Å². The molecule has 0 spiro atoms. The minimum Gasteiger partial charge on any atom is -0.393 e. The third-order valence-electron chi connectivity index (χ3n) is 2.76. The number of hydrogen-bond acceptors (Lipinski definition) is 1. The highest BCUT2D eigenvalue weighted by molar-refractivity contribution is 5.27. The molecule has 3 atom stereocenters. The van der Waals surface area contributed by atoms with E-state index in [-0.39, 0.29) is 23.8 Å². The number of rotatable bonds is 2. The first kappa shape index (κ1) is 8.70. The van der Waals surface area contributed by atoms with Crippen molar-refractivity contribution < 1.29 is 9.50 Å². The molecule has 1 aromatic carbocycles. The van der Waals surface area contributed by atoms with Crippen molar-refractivity contribution in [2.24, 2.45) is 5.92 Å². The fourth-order valence-electron chi connectivity index (χ4n) is 1.88. The van der Waals surface area contributed by atoms with Gasteiger partial charge in [-0.1, -0.05) is 18.2 Å². The van der Waals surface area contributed by atoms with Gasteiger partial charge in [-0.15, -0.1) is 0 Å². The van der Waals surface area contributed by atoms with E-state index in [9.17, 15) is 9.50 Å². The molecule has 1 N–H and O–H groups in total. The summed E-state index contributed by atoms with van der Waals surface area (Å²) >= 11 is 0. The van der Waals surface area contributed by atoms with Crippen molar-refractivity contribution >= 4 is 0 Å². The van der Waals surface area contributed by atoms with Gasteiger partial charge in [0.2, 0.25) is 0 Å². The molecule has 0 bridgehead atoms. The summed E-state index contributed by atoms with van der Waals surface area (Å²) in [4.78, 5) is 0. The van der Waals surface area contributed by atoms with E-state index in [0.717, 1.165) is 12.0 Å². The Morgan fingerprint density at radius 2 is 2.15 bits per heavy atom. The average Bonchev–Trinajstić information content (AvgIpc) is 2.84. The Hall–Kier alpha value is -0.890. The van der Waals surface area contributed by atoms with Gasteiger partial charge in [0.05, 0.1) is 6.10 Å². The lowest BCUT2D eigenvalue weighted by atomic mass is 10.1. The van der Waals surface area contributed by atoms with E-state index in [0.29, 0.717) is 0 Å². The molecule has 1 aliphatic rings. The predicted molar refractivity (Wildman–Crippen MR) is 48.9 cm³/mol. The Morgan fingerprint density at radius 3 is 2.69 bits per heavy atom. The first-order chi connectivity index (χ1) is 6.20. The minimum atomic E-state index is -0.315. The molecular weight excluding hydrogens is 167 g/mol. The maximum Gasteiger partial charge on any atom is 0.126 e. The molecule has 0 saturated heterocycles. The smallest absolute Gasteiger partial charge is 0.126 e. The zero-order valence-corrected chi connectivity index (χ0v) is 7.57. The third kappa shape index (κ3) is 1.59. The van der Waals surface area contributed by atoms with Crippen LogP contribution in [0.1, 0.15) is 24.8 Å². The van der Waals surface area contributed by atoms with Gasteiger partial charge >= 0.3 is 0 Å². The molecule has 1 aromatic rings. The third-order valence-corrected chi connectivity index (χ3v) is 2.76. The van der Waals surface area contributed by atoms with Crippen molar-refractivity contribution in [2.45, 2.75) is 25.4 Å². The van der Waals surface area contributed by atoms with Crippen LogP contribution in [0.2, 0.25) is 0 Å². The molecule has 2 heteroatoms. The van der Waals surface area contributed by atoms with E-state index in [4.69, 9.17) is 0 Å². The summed E-state index contributed by atoms with van der Waals surface area (Å²) < 4.78 is 13.2. The number of benzene rings is 1. The summed E-state index contributed by atoms with van der Waals surface area (Å²) in [7, 11) is 0. The van der Waals surface area contributed by atoms with Crippen LogP contribution in [0.5, 0.6) is 0 Å². The van der Waals surface area contributed by atoms with Gasteiger partial charge in [0, 0.05) is 0 Å². The molecule has 0 aliphatic heterocycles. The van der Waals surface area contributed by atoms with Gasteiger partial charge in [-0.3, -0.25) is 0 Å². The van der Waals surface area contributed by atoms with Crippen LogP contribution in [-0.2, 0) is 0 Å². The molecule has 13 heavy (non-hydrogen) atoms. The first-order valence-corrected chi connectivity index (χ1v) is 4.62. The Morgan fingerprint density at radius 1 is 1.46 bits per heavy atom. The van der Waals surface area contributed by atoms with Crippen molar-refractivity contribution in [1.82, 2.24) is 0 Å². The summed E-state index contributed by atoms with van der Waals surface area (Å²) in [5.41, 5.74) is 0.758. The summed E-state index contributed by atoms with van der Waals surface area (Å²) in [5, 5.41) is 9.29. The summed E-state index contributed by atoms with van der Waals surface area (Å²) in [6.07, 6.45) is 0.600. The molecule has 1 fully saturated rings. The van der Waals surface area contributed by atoms with Crippen LogP contribution in [0.3, 0.4) is 0 Å². The van der Waals surface area contributed by atoms with Crippen molar-refractivity contribution in [1.29, 1.82) is 0 Å². The van der Waals surface area contributed by atoms with Crippen LogP contribution in [-0.4, -0.2) is 11.2 Å². The topological polar surface area (TPSA) is 20.2 Å². The lowest BCUT2D eigenvalue weighted by Crippen LogP contribution is -2.04. The molecule has 70 valence electrons. The van der Waals surface area contributed by atoms with E-state index >= 15 is 0 Å². The largest absolute Gasteiger partial charge is 0.393 e. The van der Waals surface area contributed by atoms with Crippen LogP contribution in [0.25, 0.3) is 0 Å². The van der Waals surface area contributed by atoms with Crippen molar-refractivity contribution in [3.8, 4) is 0 Å². The number of halogens is 1. The quantitative estimate of drug-likeness (QED) is 0.740. The second kappa shape index (κ2) is 3.11. The first-order valence-electron chi connectivity index (χ1n) is 4.62. The molecule has 2 rings (SSSR count). The number of hydrogen-bond donors (Lipinski definition) is 1. The van der Waals surface area contributed by atoms with Crippen LogP contribution in [0, 0.1) is 11.7 Å². The molecule has 1 nitrogen and oxygen atoms in total. The van der Waals surface area contributed by atoms with Crippen LogP contribution < -0.4 is 0 Å². The average molecular weight is 180 g/mol. The fraction of sp³-hybridized carbons (Fsp3) is 0.455. The highest BCUT2D eigenvalue weighted by Crippen LogP contribution is 2.49. The second-order valence-corrected chi connectivity index (χ2v) is 3.77. The molecule has 0 amide bonds. The summed E-state index contributed by atoms with van der Waals surface area (Å²) in [6.45, 7) is 1.77. The number of aliphatic hydroxyl groups is 1. The highest BCUT2D eigenvalue weighted by Gasteiger charge is 2.42. The second-order valence-electron chi connectivity index (χ2n) is 3.77. The predicted octanol–water partition coefficient (Wildman–Crippen LogP) is 2.31. The van der Waals surface area contributed by atoms with E-state index in [1.165, 1.54) is 6.07 Å². The SMILES string of the molecule is C[C@H](O)[C@@H]1C[C@H]1c1ccccc1F. The van der Waals surface area contributed by atoms with Crippen molar-refractivity contribution in [3.05, 3.63) is 35.6 Å². The van der Waals surface area contributed by atoms with Crippen LogP contribution >= 0.6 is 0 Å². The van der Waals surface area contributed by atoms with E-state index in [1.54, 1.807) is 13.0 Å². The molecule has 0 aromatic heterocycles. The Bertz CT molecular complexity index is 309. The lowest BCUT2D eigenvalue weighted by molar-refractivity contribution is 0.168. The highest BCUT2D eigenvalue weighted by atomic mass is 19.1. The van der Waals surface area contributed by atoms with E-state index < -0.39 is 0 Å². The maximum atomic E-state index is 13.2. The Balaban J connectivity index is 2.16. The standard InChI is InChI=1S/C11H13FO/c1-7(13)9-6-10(9)8-4-2-3-5-11(8)12/h2-5,7,9-10,13H,6H2,1H3/t7-,9-,10-/m0/s1. The Labute approximate surface area is 77.2 Å². The molecule has 1 aliphatic carbocycles. The summed E-state index contributed by atoms with van der Waals surface area (Å²) in [5.74, 6) is 0.355. The van der Waals surface area contributed by atoms with Crippen LogP contribution in [0.4, 0.5) is 4.39 Å². The van der Waals surface area contributed by atoms with Crippen molar-refractivity contribution in [3.63, 3.8) is 0 Å². The zero-order valence-electron chi connectivity index (χ0n) is 7.57. The molecule has 1 saturated carbocycles. The normalized spacial score (nSPS) is 28.5. The molecular formula is C11H13FO. The Kier molecular flexibility index (Phi) is 2.08. The molecule has 0 unspecified atom stereocenters. The van der Waals surface area contributed by atoms with Gasteiger partial charge in [-0.25, -0.2) is 4.39 Å². The zero-order chi connectivity index (χ0) is 9.42.